The van der Waals surface area contributed by atoms with Crippen LogP contribution in [0.1, 0.15) is 6.92 Å². The largest absolute Gasteiger partial charge is 0.501 e. The van der Waals surface area contributed by atoms with E-state index in [1.165, 1.54) is 24.1 Å². The van der Waals surface area contributed by atoms with Gasteiger partial charge >= 0.3 is 11.5 Å². The van der Waals surface area contributed by atoms with Crippen molar-refractivity contribution in [3.05, 3.63) is 24.3 Å². The molecule has 0 bridgehead atoms. The minimum Gasteiger partial charge on any atom is -0.468 e. The normalized spacial score (nSPS) is 12.0. The van der Waals surface area contributed by atoms with E-state index in [-0.39, 0.29) is 6.54 Å². The molecule has 0 spiro atoms. The van der Waals surface area contributed by atoms with Gasteiger partial charge in [-0.1, -0.05) is 0 Å². The lowest BCUT2D eigenvalue weighted by Gasteiger charge is -2.21. The zero-order valence-electron chi connectivity index (χ0n) is 11.3. The second kappa shape index (κ2) is 6.33. The van der Waals surface area contributed by atoms with E-state index in [2.05, 4.69) is 4.74 Å². The Morgan fingerprint density at radius 3 is 2.14 bits per heavy atom. The maximum absolute atomic E-state index is 12.4. The van der Waals surface area contributed by atoms with Gasteiger partial charge in [0.05, 0.1) is 12.0 Å². The molecule has 118 valence electrons. The maximum atomic E-state index is 12.4. The highest BCUT2D eigenvalue weighted by Crippen LogP contribution is 2.31. The third-order valence-electron chi connectivity index (χ3n) is 2.75. The summed E-state index contributed by atoms with van der Waals surface area (Å²) in [6, 6.07) is 4.15. The smallest absolute Gasteiger partial charge is 0.468 e. The Hall–Kier alpha value is -1.77. The number of ether oxygens (including phenoxy) is 1. The van der Waals surface area contributed by atoms with Gasteiger partial charge in [0.25, 0.3) is 9.84 Å². The van der Waals surface area contributed by atoms with Crippen molar-refractivity contribution in [3.8, 4) is 0 Å². The molecule has 0 saturated carbocycles. The highest BCUT2D eigenvalue weighted by molar-refractivity contribution is 7.92. The molecule has 1 aromatic carbocycles. The lowest BCUT2D eigenvalue weighted by molar-refractivity contribution is -0.138. The maximum Gasteiger partial charge on any atom is 0.501 e. The van der Waals surface area contributed by atoms with Crippen LogP contribution in [0.5, 0.6) is 0 Å². The Labute approximate surface area is 120 Å². The van der Waals surface area contributed by atoms with Crippen LogP contribution in [-0.4, -0.2) is 40.1 Å². The number of sulfone groups is 1. The van der Waals surface area contributed by atoms with Gasteiger partial charge in [-0.05, 0) is 31.2 Å². The summed E-state index contributed by atoms with van der Waals surface area (Å²) >= 11 is 0. The second-order valence-corrected chi connectivity index (χ2v) is 5.97. The van der Waals surface area contributed by atoms with Gasteiger partial charge in [-0.25, -0.2) is 8.42 Å². The molecule has 0 heterocycles. The summed E-state index contributed by atoms with van der Waals surface area (Å²) in [7, 11) is -4.15. The summed E-state index contributed by atoms with van der Waals surface area (Å²) in [5.74, 6) is -0.510. The van der Waals surface area contributed by atoms with Gasteiger partial charge in [0.15, 0.2) is 0 Å². The van der Waals surface area contributed by atoms with Crippen LogP contribution in [0.15, 0.2) is 29.2 Å². The van der Waals surface area contributed by atoms with Crippen LogP contribution in [0, 0.1) is 0 Å². The highest BCUT2D eigenvalue weighted by atomic mass is 32.2. The lowest BCUT2D eigenvalue weighted by atomic mass is 10.3. The predicted molar refractivity (Wildman–Crippen MR) is 69.6 cm³/mol. The Kier molecular flexibility index (Phi) is 5.21. The molecular weight excluding hydrogens is 311 g/mol. The van der Waals surface area contributed by atoms with E-state index in [1.807, 2.05) is 0 Å². The minimum absolute atomic E-state index is 0.0850. The van der Waals surface area contributed by atoms with Crippen molar-refractivity contribution in [2.24, 2.45) is 0 Å². The van der Waals surface area contributed by atoms with E-state index in [9.17, 15) is 26.4 Å². The zero-order chi connectivity index (χ0) is 16.3. The van der Waals surface area contributed by atoms with E-state index in [0.29, 0.717) is 12.2 Å². The molecule has 0 aliphatic rings. The van der Waals surface area contributed by atoms with Crippen LogP contribution in [0.4, 0.5) is 18.9 Å². The minimum atomic E-state index is -5.36. The predicted octanol–water partition coefficient (Wildman–Crippen LogP) is 1.98. The van der Waals surface area contributed by atoms with Gasteiger partial charge in [0, 0.05) is 12.2 Å². The molecule has 1 rings (SSSR count). The zero-order valence-corrected chi connectivity index (χ0v) is 12.2. The number of halogens is 3. The number of likely N-dealkylation sites (N-methyl/N-ethyl adjacent to an activating group) is 1. The van der Waals surface area contributed by atoms with Gasteiger partial charge in [0.1, 0.15) is 6.54 Å². The number of carbonyl (C=O) groups excluding carboxylic acids is 1. The molecule has 0 radical (unpaired) electrons. The molecule has 5 nitrogen and oxygen atoms in total. The summed E-state index contributed by atoms with van der Waals surface area (Å²) in [4.78, 5) is 11.9. The van der Waals surface area contributed by atoms with Gasteiger partial charge in [-0.15, -0.1) is 0 Å². The molecule has 0 atom stereocenters. The molecule has 0 amide bonds. The summed E-state index contributed by atoms with van der Waals surface area (Å²) in [5.41, 5.74) is -4.92. The molecule has 0 fully saturated rings. The van der Waals surface area contributed by atoms with Crippen molar-refractivity contribution in [1.82, 2.24) is 0 Å². The molecule has 0 aliphatic heterocycles. The lowest BCUT2D eigenvalue weighted by Crippen LogP contribution is -2.30. The quantitative estimate of drug-likeness (QED) is 0.775. The highest BCUT2D eigenvalue weighted by Gasteiger charge is 2.46. The summed E-state index contributed by atoms with van der Waals surface area (Å²) in [6.45, 7) is 2.06. The van der Waals surface area contributed by atoms with Crippen molar-refractivity contribution in [2.45, 2.75) is 17.3 Å². The van der Waals surface area contributed by atoms with Crippen molar-refractivity contribution >= 4 is 21.5 Å². The third-order valence-corrected chi connectivity index (χ3v) is 4.25. The topological polar surface area (TPSA) is 63.7 Å². The fourth-order valence-electron chi connectivity index (χ4n) is 1.58. The number of alkyl halides is 3. The number of esters is 1. The number of rotatable bonds is 5. The molecule has 0 aromatic heterocycles. The van der Waals surface area contributed by atoms with Gasteiger partial charge in [0.2, 0.25) is 0 Å². The molecule has 0 unspecified atom stereocenters. The SMILES string of the molecule is CCN(CC(=O)OC)c1ccc(S(=O)(=O)C(F)(F)F)cc1. The Morgan fingerprint density at radius 2 is 1.76 bits per heavy atom. The number of methoxy groups -OCH3 is 1. The van der Waals surface area contributed by atoms with Gasteiger partial charge in [-0.3, -0.25) is 4.79 Å². The number of hydrogen-bond acceptors (Lipinski definition) is 5. The number of carbonyl (C=O) groups is 1. The average molecular weight is 325 g/mol. The van der Waals surface area contributed by atoms with Crippen molar-refractivity contribution in [1.29, 1.82) is 0 Å². The molecule has 9 heteroatoms. The van der Waals surface area contributed by atoms with E-state index in [4.69, 9.17) is 0 Å². The monoisotopic (exact) mass is 325 g/mol. The molecule has 0 N–H and O–H groups in total. The Morgan fingerprint density at radius 1 is 1.24 bits per heavy atom. The Balaban J connectivity index is 3.04. The molecule has 21 heavy (non-hydrogen) atoms. The van der Waals surface area contributed by atoms with Gasteiger partial charge in [-0.2, -0.15) is 13.2 Å². The van der Waals surface area contributed by atoms with E-state index >= 15 is 0 Å². The second-order valence-electron chi connectivity index (χ2n) is 4.03. The summed E-state index contributed by atoms with van der Waals surface area (Å²) in [5, 5.41) is 0. The van der Waals surface area contributed by atoms with Crippen LogP contribution in [0.2, 0.25) is 0 Å². The summed E-state index contributed by atoms with van der Waals surface area (Å²) in [6.07, 6.45) is 0. The van der Waals surface area contributed by atoms with Crippen LogP contribution >= 0.6 is 0 Å². The number of nitrogens with zero attached hydrogens (tertiary/aromatic N) is 1. The van der Waals surface area contributed by atoms with Crippen molar-refractivity contribution < 1.29 is 31.1 Å². The number of anilines is 1. The molecule has 0 aliphatic carbocycles. The first-order valence-electron chi connectivity index (χ1n) is 5.86. The van der Waals surface area contributed by atoms with Crippen LogP contribution in [0.25, 0.3) is 0 Å². The van der Waals surface area contributed by atoms with E-state index in [1.54, 1.807) is 6.92 Å². The third kappa shape index (κ3) is 3.87. The first kappa shape index (κ1) is 17.3. The fraction of sp³-hybridized carbons (Fsp3) is 0.417. The van der Waals surface area contributed by atoms with Crippen LogP contribution in [-0.2, 0) is 19.4 Å². The van der Waals surface area contributed by atoms with Crippen molar-refractivity contribution in [2.75, 3.05) is 25.1 Å². The Bertz CT molecular complexity index is 596. The average Bonchev–Trinajstić information content (AvgIpc) is 2.43. The van der Waals surface area contributed by atoms with Crippen LogP contribution < -0.4 is 4.90 Å². The molecule has 0 saturated heterocycles. The summed E-state index contributed by atoms with van der Waals surface area (Å²) < 4.78 is 64.1. The van der Waals surface area contributed by atoms with E-state index in [0.717, 1.165) is 12.1 Å². The fourth-order valence-corrected chi connectivity index (χ4v) is 2.34. The molecule has 1 aromatic rings. The molecular formula is C12H14F3NO4S. The number of benzene rings is 1. The number of hydrogen-bond donors (Lipinski definition) is 0. The standard InChI is InChI=1S/C12H14F3NO4S/c1-3-16(8-11(17)20-2)9-4-6-10(7-5-9)21(18,19)12(13,14)15/h4-7H,3,8H2,1-2H3. The first-order chi connectivity index (χ1) is 9.63. The van der Waals surface area contributed by atoms with Gasteiger partial charge < -0.3 is 9.64 Å². The first-order valence-corrected chi connectivity index (χ1v) is 7.35. The van der Waals surface area contributed by atoms with Crippen molar-refractivity contribution in [3.63, 3.8) is 0 Å². The van der Waals surface area contributed by atoms with Crippen LogP contribution in [0.3, 0.4) is 0 Å². The van der Waals surface area contributed by atoms with E-state index < -0.39 is 26.2 Å².